The largest absolute Gasteiger partial charge is 0.379 e. The molecule has 1 aliphatic heterocycles. The molecule has 1 N–H and O–H groups in total. The highest BCUT2D eigenvalue weighted by Gasteiger charge is 2.09. The van der Waals surface area contributed by atoms with E-state index < -0.39 is 0 Å². The summed E-state index contributed by atoms with van der Waals surface area (Å²) >= 11 is 6.08. The first kappa shape index (κ1) is 23.5. The molecule has 1 aromatic rings. The summed E-state index contributed by atoms with van der Waals surface area (Å²) in [6.07, 6.45) is 2.29. The van der Waals surface area contributed by atoms with Crippen molar-refractivity contribution in [2.45, 2.75) is 26.3 Å². The molecule has 1 aliphatic rings. The molecule has 0 amide bonds. The number of benzene rings is 1. The van der Waals surface area contributed by atoms with Crippen molar-refractivity contribution in [1.82, 2.24) is 15.1 Å². The molecule has 1 fully saturated rings. The molecular formula is C19H32ClIN4O. The first-order chi connectivity index (χ1) is 12.2. The third kappa shape index (κ3) is 8.88. The number of aliphatic imine (C=N–C) groups is 1. The van der Waals surface area contributed by atoms with E-state index in [1.54, 1.807) is 0 Å². The van der Waals surface area contributed by atoms with E-state index in [0.29, 0.717) is 0 Å². The molecule has 0 unspecified atom stereocenters. The van der Waals surface area contributed by atoms with Gasteiger partial charge in [0.15, 0.2) is 5.96 Å². The number of halogens is 2. The summed E-state index contributed by atoms with van der Waals surface area (Å²) < 4.78 is 5.38. The monoisotopic (exact) mass is 494 g/mol. The third-order valence-corrected chi connectivity index (χ3v) is 4.49. The summed E-state index contributed by atoms with van der Waals surface area (Å²) in [5.74, 6) is 0.953. The van der Waals surface area contributed by atoms with Crippen molar-refractivity contribution in [2.75, 3.05) is 53.0 Å². The minimum absolute atomic E-state index is 0. The second-order valence-corrected chi connectivity index (χ2v) is 6.82. The quantitative estimate of drug-likeness (QED) is 0.260. The summed E-state index contributed by atoms with van der Waals surface area (Å²) in [5.41, 5.74) is 1.19. The van der Waals surface area contributed by atoms with Crippen molar-refractivity contribution in [3.05, 3.63) is 34.9 Å². The number of morpholine rings is 1. The molecule has 0 radical (unpaired) electrons. The van der Waals surface area contributed by atoms with Crippen molar-refractivity contribution in [1.29, 1.82) is 0 Å². The number of guanidine groups is 1. The molecule has 0 atom stereocenters. The van der Waals surface area contributed by atoms with Crippen molar-refractivity contribution in [3.63, 3.8) is 0 Å². The molecule has 7 heteroatoms. The maximum absolute atomic E-state index is 6.08. The van der Waals surface area contributed by atoms with Crippen LogP contribution in [0, 0.1) is 0 Å². The number of nitrogens with one attached hydrogen (secondary N) is 1. The topological polar surface area (TPSA) is 40.1 Å². The van der Waals surface area contributed by atoms with E-state index in [2.05, 4.69) is 35.2 Å². The van der Waals surface area contributed by atoms with E-state index in [1.807, 2.05) is 18.2 Å². The van der Waals surface area contributed by atoms with Gasteiger partial charge in [0.1, 0.15) is 0 Å². The van der Waals surface area contributed by atoms with Gasteiger partial charge in [0, 0.05) is 44.8 Å². The van der Waals surface area contributed by atoms with E-state index in [0.717, 1.165) is 69.9 Å². The Balaban J connectivity index is 0.00000338. The first-order valence-electron chi connectivity index (χ1n) is 9.23. The molecule has 1 saturated heterocycles. The SMILES string of the molecule is CCNC(=NCCCCN1CCOCC1)N(C)Cc1cccc(Cl)c1.I. The predicted molar refractivity (Wildman–Crippen MR) is 121 cm³/mol. The first-order valence-corrected chi connectivity index (χ1v) is 9.61. The van der Waals surface area contributed by atoms with Gasteiger partial charge in [0.05, 0.1) is 13.2 Å². The lowest BCUT2D eigenvalue weighted by Crippen LogP contribution is -2.38. The van der Waals surface area contributed by atoms with E-state index >= 15 is 0 Å². The number of hydrogen-bond acceptors (Lipinski definition) is 3. The van der Waals surface area contributed by atoms with Crippen LogP contribution in [0.15, 0.2) is 29.3 Å². The minimum Gasteiger partial charge on any atom is -0.379 e. The molecule has 5 nitrogen and oxygen atoms in total. The fourth-order valence-corrected chi connectivity index (χ4v) is 3.12. The average Bonchev–Trinajstić information content (AvgIpc) is 2.61. The molecule has 0 spiro atoms. The second kappa shape index (κ2) is 13.6. The molecule has 26 heavy (non-hydrogen) atoms. The normalized spacial score (nSPS) is 15.4. The third-order valence-electron chi connectivity index (χ3n) is 4.25. The van der Waals surface area contributed by atoms with E-state index in [1.165, 1.54) is 12.0 Å². The number of unbranched alkanes of at least 4 members (excludes halogenated alkanes) is 1. The molecule has 0 aromatic heterocycles. The Morgan fingerprint density at radius 2 is 2.08 bits per heavy atom. The standard InChI is InChI=1S/C19H31ClN4O.HI/c1-3-21-19(23(2)16-17-7-6-8-18(20)15-17)22-9-4-5-10-24-11-13-25-14-12-24;/h6-8,15H,3-5,9-14,16H2,1-2H3,(H,21,22);1H. The summed E-state index contributed by atoms with van der Waals surface area (Å²) in [6.45, 7) is 9.63. The van der Waals surface area contributed by atoms with Gasteiger partial charge in [-0.25, -0.2) is 0 Å². The van der Waals surface area contributed by atoms with E-state index in [4.69, 9.17) is 21.3 Å². The predicted octanol–water partition coefficient (Wildman–Crippen LogP) is 3.47. The van der Waals surface area contributed by atoms with Crippen LogP contribution in [0.2, 0.25) is 5.02 Å². The van der Waals surface area contributed by atoms with Gasteiger partial charge in [0.2, 0.25) is 0 Å². The van der Waals surface area contributed by atoms with Gasteiger partial charge in [-0.3, -0.25) is 9.89 Å². The summed E-state index contributed by atoms with van der Waals surface area (Å²) in [5, 5.41) is 4.15. The van der Waals surface area contributed by atoms with Crippen molar-refractivity contribution >= 4 is 41.5 Å². The summed E-state index contributed by atoms with van der Waals surface area (Å²) in [6, 6.07) is 7.98. The Morgan fingerprint density at radius 1 is 1.31 bits per heavy atom. The van der Waals surface area contributed by atoms with E-state index in [-0.39, 0.29) is 24.0 Å². The molecule has 2 rings (SSSR count). The van der Waals surface area contributed by atoms with Crippen LogP contribution in [0.4, 0.5) is 0 Å². The highest BCUT2D eigenvalue weighted by molar-refractivity contribution is 14.0. The Bertz CT molecular complexity index is 538. The van der Waals surface area contributed by atoms with Crippen LogP contribution in [0.5, 0.6) is 0 Å². The lowest BCUT2D eigenvalue weighted by molar-refractivity contribution is 0.0373. The van der Waals surface area contributed by atoms with Crippen molar-refractivity contribution in [3.8, 4) is 0 Å². The maximum atomic E-state index is 6.08. The van der Waals surface area contributed by atoms with E-state index in [9.17, 15) is 0 Å². The van der Waals surface area contributed by atoms with Crippen LogP contribution in [0.1, 0.15) is 25.3 Å². The summed E-state index contributed by atoms with van der Waals surface area (Å²) in [7, 11) is 2.07. The molecular weight excluding hydrogens is 463 g/mol. The molecule has 0 aliphatic carbocycles. The number of hydrogen-bond donors (Lipinski definition) is 1. The zero-order valence-electron chi connectivity index (χ0n) is 15.9. The van der Waals surface area contributed by atoms with Gasteiger partial charge in [-0.15, -0.1) is 24.0 Å². The summed E-state index contributed by atoms with van der Waals surface area (Å²) in [4.78, 5) is 9.40. The zero-order chi connectivity index (χ0) is 17.9. The Labute approximate surface area is 180 Å². The van der Waals surface area contributed by atoms with Crippen LogP contribution in [-0.4, -0.2) is 68.7 Å². The fourth-order valence-electron chi connectivity index (χ4n) is 2.91. The average molecular weight is 495 g/mol. The highest BCUT2D eigenvalue weighted by atomic mass is 127. The lowest BCUT2D eigenvalue weighted by atomic mass is 10.2. The van der Waals surface area contributed by atoms with Gasteiger partial charge in [-0.2, -0.15) is 0 Å². The second-order valence-electron chi connectivity index (χ2n) is 6.38. The number of rotatable bonds is 8. The molecule has 1 aromatic carbocycles. The zero-order valence-corrected chi connectivity index (χ0v) is 19.0. The lowest BCUT2D eigenvalue weighted by Gasteiger charge is -2.26. The van der Waals surface area contributed by atoms with Crippen LogP contribution < -0.4 is 5.32 Å². The molecule has 148 valence electrons. The van der Waals surface area contributed by atoms with Gasteiger partial charge in [-0.1, -0.05) is 23.7 Å². The van der Waals surface area contributed by atoms with Gasteiger partial charge in [-0.05, 0) is 44.0 Å². The van der Waals surface area contributed by atoms with Crippen LogP contribution in [0.3, 0.4) is 0 Å². The van der Waals surface area contributed by atoms with Crippen molar-refractivity contribution < 1.29 is 4.74 Å². The van der Waals surface area contributed by atoms with Crippen LogP contribution in [-0.2, 0) is 11.3 Å². The smallest absolute Gasteiger partial charge is 0.193 e. The Hall–Kier alpha value is -0.570. The van der Waals surface area contributed by atoms with Crippen LogP contribution in [0.25, 0.3) is 0 Å². The Kier molecular flexibility index (Phi) is 12.3. The number of ether oxygens (including phenoxy) is 1. The highest BCUT2D eigenvalue weighted by Crippen LogP contribution is 2.12. The fraction of sp³-hybridized carbons (Fsp3) is 0.632. The Morgan fingerprint density at radius 3 is 2.77 bits per heavy atom. The van der Waals surface area contributed by atoms with Gasteiger partial charge < -0.3 is 15.0 Å². The van der Waals surface area contributed by atoms with Crippen LogP contribution >= 0.6 is 35.6 Å². The number of nitrogens with zero attached hydrogens (tertiary/aromatic N) is 3. The van der Waals surface area contributed by atoms with Gasteiger partial charge in [0.25, 0.3) is 0 Å². The molecule has 0 bridgehead atoms. The van der Waals surface area contributed by atoms with Crippen molar-refractivity contribution in [2.24, 2.45) is 4.99 Å². The minimum atomic E-state index is 0. The maximum Gasteiger partial charge on any atom is 0.193 e. The van der Waals surface area contributed by atoms with Gasteiger partial charge >= 0.3 is 0 Å². The molecule has 1 heterocycles. The molecule has 0 saturated carbocycles.